The monoisotopic (exact) mass is 403 g/mol. The molecule has 134 valence electrons. The summed E-state index contributed by atoms with van der Waals surface area (Å²) in [5.41, 5.74) is 3.65. The Bertz CT molecular complexity index is 879. The number of rotatable bonds is 3. The highest BCUT2D eigenvalue weighted by Crippen LogP contribution is 2.31. The molecule has 1 aromatic carbocycles. The predicted octanol–water partition coefficient (Wildman–Crippen LogP) is 4.35. The van der Waals surface area contributed by atoms with Crippen LogP contribution in [0.2, 0.25) is 0 Å². The number of nitrogens with zero attached hydrogens (tertiary/aromatic N) is 3. The molecule has 0 spiro atoms. The average molecular weight is 404 g/mol. The third kappa shape index (κ3) is 3.97. The first kappa shape index (κ1) is 18.2. The third-order valence-electron chi connectivity index (χ3n) is 4.71. The summed E-state index contributed by atoms with van der Waals surface area (Å²) in [5, 5.41) is 0. The summed E-state index contributed by atoms with van der Waals surface area (Å²) in [6.07, 6.45) is 2.53. The van der Waals surface area contributed by atoms with Crippen LogP contribution in [0.25, 0.3) is 0 Å². The van der Waals surface area contributed by atoms with E-state index < -0.39 is 0 Å². The van der Waals surface area contributed by atoms with E-state index in [0.29, 0.717) is 11.5 Å². The van der Waals surface area contributed by atoms with E-state index in [-0.39, 0.29) is 11.3 Å². The Morgan fingerprint density at radius 1 is 1.28 bits per heavy atom. The maximum atomic E-state index is 12.8. The van der Waals surface area contributed by atoms with Gasteiger partial charge in [0.1, 0.15) is 0 Å². The van der Waals surface area contributed by atoms with Crippen molar-refractivity contribution in [3.05, 3.63) is 51.0 Å². The van der Waals surface area contributed by atoms with Gasteiger partial charge in [0.2, 0.25) is 0 Å². The smallest absolute Gasteiger partial charge is 0.280 e. The maximum Gasteiger partial charge on any atom is 0.280 e. The van der Waals surface area contributed by atoms with Gasteiger partial charge in [0.05, 0.1) is 5.56 Å². The fraction of sp³-hybridized carbons (Fsp3) is 0.500. The Kier molecular flexibility index (Phi) is 4.80. The lowest BCUT2D eigenvalue weighted by atomic mass is 9.92. The van der Waals surface area contributed by atoms with Gasteiger partial charge in [-0.3, -0.25) is 14.2 Å². The highest BCUT2D eigenvalue weighted by molar-refractivity contribution is 9.10. The van der Waals surface area contributed by atoms with E-state index in [2.05, 4.69) is 64.2 Å². The number of carbonyl (C=O) groups excluding carboxylic acids is 1. The van der Waals surface area contributed by atoms with Crippen molar-refractivity contribution in [2.75, 3.05) is 0 Å². The zero-order valence-corrected chi connectivity index (χ0v) is 17.2. The van der Waals surface area contributed by atoms with Gasteiger partial charge in [0.25, 0.3) is 5.91 Å². The van der Waals surface area contributed by atoms with E-state index in [9.17, 15) is 4.79 Å². The molecule has 2 aromatic rings. The quantitative estimate of drug-likeness (QED) is 0.750. The topological polar surface area (TPSA) is 39.3 Å². The van der Waals surface area contributed by atoms with Crippen molar-refractivity contribution in [3.8, 4) is 0 Å². The van der Waals surface area contributed by atoms with Gasteiger partial charge in [-0.05, 0) is 59.3 Å². The highest BCUT2D eigenvalue weighted by atomic mass is 79.9. The average Bonchev–Trinajstić information content (AvgIpc) is 3.25. The van der Waals surface area contributed by atoms with Gasteiger partial charge in [0, 0.05) is 35.2 Å². The molecular formula is C20H26BrN3O. The molecular weight excluding hydrogens is 378 g/mol. The number of aromatic nitrogens is 2. The number of carbonyl (C=O) groups is 1. The van der Waals surface area contributed by atoms with Gasteiger partial charge in [0.15, 0.2) is 5.49 Å². The molecule has 0 aliphatic heterocycles. The second-order valence-corrected chi connectivity index (χ2v) is 8.94. The molecule has 1 amide bonds. The third-order valence-corrected chi connectivity index (χ3v) is 5.36. The van der Waals surface area contributed by atoms with Crippen molar-refractivity contribution in [2.24, 2.45) is 18.0 Å². The Morgan fingerprint density at radius 3 is 2.52 bits per heavy atom. The lowest BCUT2D eigenvalue weighted by molar-refractivity contribution is 0.0996. The van der Waals surface area contributed by atoms with Gasteiger partial charge in [-0.1, -0.05) is 26.8 Å². The van der Waals surface area contributed by atoms with E-state index in [1.807, 2.05) is 25.1 Å². The van der Waals surface area contributed by atoms with Gasteiger partial charge < -0.3 is 0 Å². The van der Waals surface area contributed by atoms with Crippen molar-refractivity contribution in [3.63, 3.8) is 0 Å². The minimum Gasteiger partial charge on any atom is -0.291 e. The number of hydrogen-bond acceptors (Lipinski definition) is 1. The highest BCUT2D eigenvalue weighted by Gasteiger charge is 2.26. The fourth-order valence-electron chi connectivity index (χ4n) is 3.08. The van der Waals surface area contributed by atoms with Gasteiger partial charge >= 0.3 is 0 Å². The van der Waals surface area contributed by atoms with Crippen molar-refractivity contribution in [2.45, 2.75) is 52.5 Å². The van der Waals surface area contributed by atoms with Crippen LogP contribution in [-0.4, -0.2) is 15.3 Å². The largest absolute Gasteiger partial charge is 0.291 e. The Morgan fingerprint density at radius 2 is 1.96 bits per heavy atom. The van der Waals surface area contributed by atoms with E-state index in [1.54, 1.807) is 0 Å². The summed E-state index contributed by atoms with van der Waals surface area (Å²) < 4.78 is 5.11. The van der Waals surface area contributed by atoms with Crippen molar-refractivity contribution >= 4 is 21.8 Å². The maximum absolute atomic E-state index is 12.8. The standard InChI is InChI=1S/C20H26BrN3O/c1-13-6-9-15(16(21)10-13)19(25)22-18-11-17(20(2,3)4)23(5)24(18)12-14-7-8-14/h6,9-11,14H,7-8,12H2,1-5H3. The van der Waals surface area contributed by atoms with E-state index in [0.717, 1.165) is 22.1 Å². The number of hydrogen-bond donors (Lipinski definition) is 0. The summed E-state index contributed by atoms with van der Waals surface area (Å²) in [7, 11) is 2.06. The molecule has 1 aromatic heterocycles. The van der Waals surface area contributed by atoms with E-state index in [4.69, 9.17) is 0 Å². The second-order valence-electron chi connectivity index (χ2n) is 8.09. The first-order valence-corrected chi connectivity index (χ1v) is 9.58. The Labute approximate surface area is 157 Å². The molecule has 1 saturated carbocycles. The number of benzene rings is 1. The molecule has 25 heavy (non-hydrogen) atoms. The summed E-state index contributed by atoms with van der Waals surface area (Å²) in [6, 6.07) is 7.79. The lowest BCUT2D eigenvalue weighted by Crippen LogP contribution is -2.26. The summed E-state index contributed by atoms with van der Waals surface area (Å²) in [4.78, 5) is 17.2. The molecule has 1 aliphatic rings. The normalized spacial score (nSPS) is 15.7. The van der Waals surface area contributed by atoms with Crippen LogP contribution in [0.5, 0.6) is 0 Å². The summed E-state index contributed by atoms with van der Waals surface area (Å²) in [5.74, 6) is 0.504. The van der Waals surface area contributed by atoms with Crippen LogP contribution >= 0.6 is 15.9 Å². The van der Waals surface area contributed by atoms with Crippen LogP contribution in [0.4, 0.5) is 0 Å². The first-order valence-electron chi connectivity index (χ1n) is 8.79. The molecule has 1 fully saturated rings. The van der Waals surface area contributed by atoms with Crippen LogP contribution in [0.1, 0.15) is 55.2 Å². The van der Waals surface area contributed by atoms with Gasteiger partial charge in [-0.2, -0.15) is 4.99 Å². The molecule has 3 rings (SSSR count). The lowest BCUT2D eigenvalue weighted by Gasteiger charge is -2.20. The second kappa shape index (κ2) is 6.60. The number of amides is 1. The first-order chi connectivity index (χ1) is 11.7. The summed E-state index contributed by atoms with van der Waals surface area (Å²) >= 11 is 3.49. The molecule has 0 N–H and O–H groups in total. The Balaban J connectivity index is 2.07. The SMILES string of the molecule is Cc1ccc(C(=O)N=c2cc(C(C)(C)C)n(C)n2CC2CC2)c(Br)c1. The van der Waals surface area contributed by atoms with Crippen LogP contribution < -0.4 is 5.49 Å². The van der Waals surface area contributed by atoms with Crippen molar-refractivity contribution in [1.29, 1.82) is 0 Å². The van der Waals surface area contributed by atoms with Crippen LogP contribution in [0.3, 0.4) is 0 Å². The minimum atomic E-state index is -0.206. The zero-order valence-electron chi connectivity index (χ0n) is 15.6. The van der Waals surface area contributed by atoms with Crippen LogP contribution in [-0.2, 0) is 19.0 Å². The van der Waals surface area contributed by atoms with Crippen LogP contribution in [0.15, 0.2) is 33.7 Å². The van der Waals surface area contributed by atoms with Gasteiger partial charge in [-0.25, -0.2) is 0 Å². The molecule has 1 heterocycles. The molecule has 4 nitrogen and oxygen atoms in total. The molecule has 0 radical (unpaired) electrons. The molecule has 0 saturated heterocycles. The van der Waals surface area contributed by atoms with Crippen LogP contribution in [0, 0.1) is 12.8 Å². The molecule has 0 atom stereocenters. The summed E-state index contributed by atoms with van der Waals surface area (Å²) in [6.45, 7) is 9.49. The molecule has 1 aliphatic carbocycles. The fourth-order valence-corrected chi connectivity index (χ4v) is 3.75. The van der Waals surface area contributed by atoms with Crippen molar-refractivity contribution < 1.29 is 4.79 Å². The van der Waals surface area contributed by atoms with E-state index in [1.165, 1.54) is 18.5 Å². The molecule has 0 unspecified atom stereocenters. The molecule has 5 heteroatoms. The van der Waals surface area contributed by atoms with E-state index >= 15 is 0 Å². The Hall–Kier alpha value is -1.62. The molecule has 0 bridgehead atoms. The number of aryl methyl sites for hydroxylation is 1. The predicted molar refractivity (Wildman–Crippen MR) is 104 cm³/mol. The number of halogens is 1. The van der Waals surface area contributed by atoms with Crippen molar-refractivity contribution in [1.82, 2.24) is 9.36 Å². The zero-order chi connectivity index (χ0) is 18.4. The van der Waals surface area contributed by atoms with Gasteiger partial charge in [-0.15, -0.1) is 0 Å². The minimum absolute atomic E-state index is 0.00130.